The Morgan fingerprint density at radius 3 is 2.74 bits per heavy atom. The van der Waals surface area contributed by atoms with Crippen molar-refractivity contribution < 1.29 is 13.9 Å². The maximum absolute atomic E-state index is 13.9. The molecule has 31 heavy (non-hydrogen) atoms. The minimum atomic E-state index is -0.427. The molecule has 0 radical (unpaired) electrons. The highest BCUT2D eigenvalue weighted by molar-refractivity contribution is 6.32. The summed E-state index contributed by atoms with van der Waals surface area (Å²) >= 11 is 6.55. The molecule has 0 saturated carbocycles. The molecule has 160 valence electrons. The van der Waals surface area contributed by atoms with Gasteiger partial charge >= 0.3 is 0 Å². The highest BCUT2D eigenvalue weighted by Gasteiger charge is 2.19. The summed E-state index contributed by atoms with van der Waals surface area (Å²) in [7, 11) is 3.05. The Morgan fingerprint density at radius 1 is 1.13 bits per heavy atom. The Morgan fingerprint density at radius 2 is 1.97 bits per heavy atom. The number of aromatic nitrogens is 4. The van der Waals surface area contributed by atoms with E-state index in [9.17, 15) is 4.39 Å². The van der Waals surface area contributed by atoms with Crippen molar-refractivity contribution in [2.45, 2.75) is 13.3 Å². The predicted molar refractivity (Wildman–Crippen MR) is 119 cm³/mol. The fourth-order valence-electron chi connectivity index (χ4n) is 3.57. The fraction of sp³-hybridized carbons (Fsp3) is 0.227. The lowest BCUT2D eigenvalue weighted by Crippen LogP contribution is -2.09. The van der Waals surface area contributed by atoms with Crippen LogP contribution in [0, 0.1) is 12.7 Å². The van der Waals surface area contributed by atoms with E-state index in [1.807, 2.05) is 13.0 Å². The number of anilines is 1. The van der Waals surface area contributed by atoms with Crippen LogP contribution >= 0.6 is 11.6 Å². The number of fused-ring (bicyclic) bond motifs is 1. The molecular formula is C22H21ClFN5O2. The highest BCUT2D eigenvalue weighted by Crippen LogP contribution is 2.41. The SMILES string of the molecule is COc1cc(-c2c(C)c(Cl)cc(CCNc3ncnc4nc[nH]c34)c2OC)ccc1F. The van der Waals surface area contributed by atoms with Crippen LogP contribution in [0.25, 0.3) is 22.3 Å². The minimum absolute atomic E-state index is 0.162. The third kappa shape index (κ3) is 3.98. The van der Waals surface area contributed by atoms with Crippen molar-refractivity contribution in [3.05, 3.63) is 58.9 Å². The molecule has 0 atom stereocenters. The quantitative estimate of drug-likeness (QED) is 0.429. The van der Waals surface area contributed by atoms with Gasteiger partial charge in [-0.25, -0.2) is 19.3 Å². The standard InChI is InChI=1S/C22H21ClFN5O2/c1-12-15(23)8-14(6-7-25-21-19-22(27-10-26-19)29-11-28-21)20(31-3)18(12)13-4-5-16(24)17(9-13)30-2/h4-5,8-11H,6-7H2,1-3H3,(H2,25,26,27,28,29). The van der Waals surface area contributed by atoms with Crippen molar-refractivity contribution in [2.75, 3.05) is 26.1 Å². The Labute approximate surface area is 183 Å². The van der Waals surface area contributed by atoms with E-state index >= 15 is 0 Å². The number of nitrogens with one attached hydrogen (secondary N) is 2. The fourth-order valence-corrected chi connectivity index (χ4v) is 3.80. The number of methoxy groups -OCH3 is 2. The molecule has 2 heterocycles. The van der Waals surface area contributed by atoms with E-state index in [2.05, 4.69) is 25.3 Å². The number of imidazole rings is 1. The molecule has 0 bridgehead atoms. The third-order valence-corrected chi connectivity index (χ3v) is 5.50. The van der Waals surface area contributed by atoms with Crippen LogP contribution in [0.2, 0.25) is 5.02 Å². The summed E-state index contributed by atoms with van der Waals surface area (Å²) in [5.74, 6) is 1.09. The summed E-state index contributed by atoms with van der Waals surface area (Å²) in [6.45, 7) is 2.49. The monoisotopic (exact) mass is 441 g/mol. The molecule has 9 heteroatoms. The van der Waals surface area contributed by atoms with Crippen molar-refractivity contribution in [3.63, 3.8) is 0 Å². The molecule has 0 aliphatic heterocycles. The zero-order valence-corrected chi connectivity index (χ0v) is 18.0. The molecule has 4 rings (SSSR count). The molecule has 2 aromatic heterocycles. The second-order valence-corrected chi connectivity index (χ2v) is 7.31. The van der Waals surface area contributed by atoms with E-state index in [-0.39, 0.29) is 5.75 Å². The normalized spacial score (nSPS) is 11.0. The number of halogens is 2. The maximum Gasteiger partial charge on any atom is 0.182 e. The van der Waals surface area contributed by atoms with E-state index < -0.39 is 5.82 Å². The first-order valence-corrected chi connectivity index (χ1v) is 9.99. The molecular weight excluding hydrogens is 421 g/mol. The first kappa shape index (κ1) is 20.9. The van der Waals surface area contributed by atoms with Gasteiger partial charge < -0.3 is 19.8 Å². The van der Waals surface area contributed by atoms with E-state index in [1.54, 1.807) is 25.6 Å². The molecule has 0 aliphatic carbocycles. The number of hydrogen-bond donors (Lipinski definition) is 2. The van der Waals surface area contributed by atoms with Gasteiger partial charge in [-0.2, -0.15) is 0 Å². The van der Waals surface area contributed by atoms with Crippen LogP contribution in [0.3, 0.4) is 0 Å². The van der Waals surface area contributed by atoms with Gasteiger partial charge in [-0.05, 0) is 48.2 Å². The Balaban J connectivity index is 1.66. The molecule has 0 unspecified atom stereocenters. The van der Waals surface area contributed by atoms with Gasteiger partial charge in [0.15, 0.2) is 23.0 Å². The lowest BCUT2D eigenvalue weighted by Gasteiger charge is -2.19. The number of ether oxygens (including phenoxy) is 2. The first-order valence-electron chi connectivity index (χ1n) is 9.61. The molecule has 2 N–H and O–H groups in total. The van der Waals surface area contributed by atoms with E-state index in [4.69, 9.17) is 21.1 Å². The topological polar surface area (TPSA) is 85.0 Å². The van der Waals surface area contributed by atoms with Crippen molar-refractivity contribution in [1.82, 2.24) is 19.9 Å². The summed E-state index contributed by atoms with van der Waals surface area (Å²) in [5, 5.41) is 3.91. The molecule has 4 aromatic rings. The van der Waals surface area contributed by atoms with Gasteiger partial charge in [-0.3, -0.25) is 0 Å². The Bertz CT molecular complexity index is 1240. The molecule has 2 aromatic carbocycles. The summed E-state index contributed by atoms with van der Waals surface area (Å²) in [5.41, 5.74) is 4.68. The minimum Gasteiger partial charge on any atom is -0.496 e. The molecule has 0 spiro atoms. The smallest absolute Gasteiger partial charge is 0.182 e. The molecule has 0 aliphatic rings. The molecule has 7 nitrogen and oxygen atoms in total. The van der Waals surface area contributed by atoms with Gasteiger partial charge in [-0.1, -0.05) is 17.7 Å². The molecule has 0 amide bonds. The van der Waals surface area contributed by atoms with Crippen molar-refractivity contribution in [1.29, 1.82) is 0 Å². The van der Waals surface area contributed by atoms with Crippen LogP contribution < -0.4 is 14.8 Å². The van der Waals surface area contributed by atoms with E-state index in [1.165, 1.54) is 19.5 Å². The summed E-state index contributed by atoms with van der Waals surface area (Å²) in [6, 6.07) is 6.61. The Hall–Kier alpha value is -3.39. The number of H-pyrrole nitrogens is 1. The van der Waals surface area contributed by atoms with Crippen molar-refractivity contribution in [3.8, 4) is 22.6 Å². The average Bonchev–Trinajstić information content (AvgIpc) is 3.26. The van der Waals surface area contributed by atoms with Crippen LogP contribution in [-0.4, -0.2) is 40.7 Å². The first-order chi connectivity index (χ1) is 15.0. The highest BCUT2D eigenvalue weighted by atomic mass is 35.5. The lowest BCUT2D eigenvalue weighted by atomic mass is 9.95. The summed E-state index contributed by atoms with van der Waals surface area (Å²) in [4.78, 5) is 15.6. The number of nitrogens with zero attached hydrogens (tertiary/aromatic N) is 3. The number of hydrogen-bond acceptors (Lipinski definition) is 6. The lowest BCUT2D eigenvalue weighted by molar-refractivity contribution is 0.386. The maximum atomic E-state index is 13.9. The Kier molecular flexibility index (Phi) is 5.90. The predicted octanol–water partition coefficient (Wildman–Crippen LogP) is 4.79. The van der Waals surface area contributed by atoms with Crippen LogP contribution in [0.4, 0.5) is 10.2 Å². The third-order valence-electron chi connectivity index (χ3n) is 5.11. The van der Waals surface area contributed by atoms with Gasteiger partial charge in [-0.15, -0.1) is 0 Å². The van der Waals surface area contributed by atoms with Crippen LogP contribution in [0.15, 0.2) is 36.9 Å². The number of rotatable bonds is 7. The number of aromatic amines is 1. The van der Waals surface area contributed by atoms with Gasteiger partial charge in [0.05, 0.1) is 20.5 Å². The molecule has 0 saturated heterocycles. The largest absolute Gasteiger partial charge is 0.496 e. The van der Waals surface area contributed by atoms with E-state index in [0.717, 1.165) is 27.8 Å². The zero-order valence-electron chi connectivity index (χ0n) is 17.3. The number of benzene rings is 2. The van der Waals surface area contributed by atoms with Crippen LogP contribution in [-0.2, 0) is 6.42 Å². The molecule has 0 fully saturated rings. The van der Waals surface area contributed by atoms with Gasteiger partial charge in [0.2, 0.25) is 0 Å². The average molecular weight is 442 g/mol. The van der Waals surface area contributed by atoms with Gasteiger partial charge in [0.1, 0.15) is 17.6 Å². The van der Waals surface area contributed by atoms with Gasteiger partial charge in [0, 0.05) is 17.1 Å². The van der Waals surface area contributed by atoms with E-state index in [0.29, 0.717) is 35.2 Å². The van der Waals surface area contributed by atoms with Crippen LogP contribution in [0.1, 0.15) is 11.1 Å². The van der Waals surface area contributed by atoms with Gasteiger partial charge in [0.25, 0.3) is 0 Å². The zero-order chi connectivity index (χ0) is 22.0. The summed E-state index contributed by atoms with van der Waals surface area (Å²) < 4.78 is 24.8. The van der Waals surface area contributed by atoms with Crippen molar-refractivity contribution >= 4 is 28.6 Å². The summed E-state index contributed by atoms with van der Waals surface area (Å²) in [6.07, 6.45) is 3.67. The second kappa shape index (κ2) is 8.77. The van der Waals surface area contributed by atoms with Crippen LogP contribution in [0.5, 0.6) is 11.5 Å². The second-order valence-electron chi connectivity index (χ2n) is 6.90. The van der Waals surface area contributed by atoms with Crippen molar-refractivity contribution in [2.24, 2.45) is 0 Å².